The van der Waals surface area contributed by atoms with Gasteiger partial charge in [-0.15, -0.1) is 0 Å². The molecule has 0 bridgehead atoms. The second-order valence-corrected chi connectivity index (χ2v) is 6.86. The van der Waals surface area contributed by atoms with Gasteiger partial charge in [0.25, 0.3) is 0 Å². The number of rotatable bonds is 7. The van der Waals surface area contributed by atoms with Crippen LogP contribution in [-0.4, -0.2) is 24.4 Å². The van der Waals surface area contributed by atoms with Gasteiger partial charge in [-0.2, -0.15) is 0 Å². The molecule has 0 radical (unpaired) electrons. The highest BCUT2D eigenvalue weighted by atomic mass is 16.5. The van der Waals surface area contributed by atoms with Gasteiger partial charge in [0, 0.05) is 13.1 Å². The Labute approximate surface area is 139 Å². The highest BCUT2D eigenvalue weighted by molar-refractivity contribution is 5.31. The van der Waals surface area contributed by atoms with E-state index in [0.717, 1.165) is 12.3 Å². The molecule has 0 saturated carbocycles. The topological polar surface area (TPSA) is 41.5 Å². The van der Waals surface area contributed by atoms with Gasteiger partial charge in [0.15, 0.2) is 0 Å². The molecule has 0 aliphatic rings. The van der Waals surface area contributed by atoms with E-state index in [2.05, 4.69) is 50.4 Å². The Balaban J connectivity index is 1.71. The van der Waals surface area contributed by atoms with Crippen molar-refractivity contribution in [2.24, 2.45) is 0 Å². The van der Waals surface area contributed by atoms with Crippen LogP contribution in [-0.2, 0) is 12.0 Å². The summed E-state index contributed by atoms with van der Waals surface area (Å²) in [4.78, 5) is 0. The molecule has 1 atom stereocenters. The fourth-order valence-corrected chi connectivity index (χ4v) is 2.28. The monoisotopic (exact) mass is 313 g/mol. The van der Waals surface area contributed by atoms with Crippen molar-refractivity contribution in [1.29, 1.82) is 0 Å². The molecule has 0 amide bonds. The summed E-state index contributed by atoms with van der Waals surface area (Å²) in [5.74, 6) is 0.792. The van der Waals surface area contributed by atoms with Crippen LogP contribution in [0.25, 0.3) is 0 Å². The Morgan fingerprint density at radius 3 is 2.26 bits per heavy atom. The first kappa shape index (κ1) is 17.5. The Morgan fingerprint density at radius 2 is 1.65 bits per heavy atom. The van der Waals surface area contributed by atoms with Crippen molar-refractivity contribution in [2.75, 3.05) is 13.2 Å². The number of nitrogens with one attached hydrogen (secondary N) is 1. The minimum Gasteiger partial charge on any atom is -0.491 e. The molecule has 2 aromatic rings. The number of hydrogen-bond donors (Lipinski definition) is 2. The van der Waals surface area contributed by atoms with Crippen LogP contribution >= 0.6 is 0 Å². The van der Waals surface area contributed by atoms with E-state index in [0.29, 0.717) is 6.54 Å². The van der Waals surface area contributed by atoms with Crippen LogP contribution in [0.4, 0.5) is 0 Å². The van der Waals surface area contributed by atoms with Crippen LogP contribution in [0.3, 0.4) is 0 Å². The summed E-state index contributed by atoms with van der Waals surface area (Å²) in [5, 5.41) is 13.2. The van der Waals surface area contributed by atoms with Crippen LogP contribution in [0, 0.1) is 0 Å². The first-order valence-electron chi connectivity index (χ1n) is 8.11. The minimum absolute atomic E-state index is 0.138. The third kappa shape index (κ3) is 6.05. The molecule has 0 heterocycles. The van der Waals surface area contributed by atoms with E-state index in [9.17, 15) is 5.11 Å². The summed E-state index contributed by atoms with van der Waals surface area (Å²) in [5.41, 5.74) is 2.62. The molecule has 0 aromatic heterocycles. The van der Waals surface area contributed by atoms with Gasteiger partial charge in [0.05, 0.1) is 0 Å². The quantitative estimate of drug-likeness (QED) is 0.822. The van der Waals surface area contributed by atoms with Gasteiger partial charge in [-0.05, 0) is 28.7 Å². The number of aliphatic hydroxyl groups is 1. The zero-order valence-electron chi connectivity index (χ0n) is 14.3. The predicted molar refractivity (Wildman–Crippen MR) is 94.8 cm³/mol. The third-order valence-corrected chi connectivity index (χ3v) is 3.71. The molecule has 2 aromatic carbocycles. The zero-order valence-corrected chi connectivity index (χ0v) is 14.3. The Bertz CT molecular complexity index is 573. The number of aliphatic hydroxyl groups excluding tert-OH is 1. The van der Waals surface area contributed by atoms with Crippen LogP contribution < -0.4 is 10.1 Å². The van der Waals surface area contributed by atoms with Crippen LogP contribution in [0.15, 0.2) is 54.6 Å². The molecule has 3 nitrogen and oxygen atoms in total. The molecule has 2 N–H and O–H groups in total. The molecule has 0 saturated heterocycles. The van der Waals surface area contributed by atoms with Crippen molar-refractivity contribution in [1.82, 2.24) is 5.32 Å². The van der Waals surface area contributed by atoms with Crippen LogP contribution in [0.1, 0.15) is 31.9 Å². The first-order valence-corrected chi connectivity index (χ1v) is 8.11. The molecule has 0 fully saturated rings. The van der Waals surface area contributed by atoms with Crippen LogP contribution in [0.2, 0.25) is 0 Å². The Hall–Kier alpha value is -1.84. The number of ether oxygens (including phenoxy) is 1. The maximum absolute atomic E-state index is 9.98. The van der Waals surface area contributed by atoms with Gasteiger partial charge in [-0.3, -0.25) is 0 Å². The van der Waals surface area contributed by atoms with E-state index in [1.165, 1.54) is 11.1 Å². The molecule has 2 rings (SSSR count). The maximum Gasteiger partial charge on any atom is 0.119 e. The lowest BCUT2D eigenvalue weighted by Gasteiger charge is -2.19. The predicted octanol–water partition coefficient (Wildman–Crippen LogP) is 3.51. The zero-order chi connectivity index (χ0) is 16.7. The van der Waals surface area contributed by atoms with Gasteiger partial charge in [-0.25, -0.2) is 0 Å². The summed E-state index contributed by atoms with van der Waals surface area (Å²) in [6.07, 6.45) is -0.527. The second kappa shape index (κ2) is 8.14. The van der Waals surface area contributed by atoms with E-state index >= 15 is 0 Å². The van der Waals surface area contributed by atoms with E-state index < -0.39 is 6.10 Å². The average molecular weight is 313 g/mol. The van der Waals surface area contributed by atoms with Gasteiger partial charge >= 0.3 is 0 Å². The summed E-state index contributed by atoms with van der Waals surface area (Å²) >= 11 is 0. The average Bonchev–Trinajstić information content (AvgIpc) is 2.53. The van der Waals surface area contributed by atoms with Crippen molar-refractivity contribution < 1.29 is 9.84 Å². The van der Waals surface area contributed by atoms with Crippen molar-refractivity contribution >= 4 is 0 Å². The van der Waals surface area contributed by atoms with Gasteiger partial charge in [0.2, 0.25) is 0 Å². The highest BCUT2D eigenvalue weighted by Gasteiger charge is 2.13. The number of benzene rings is 2. The Morgan fingerprint density at radius 1 is 1.00 bits per heavy atom. The minimum atomic E-state index is -0.527. The van der Waals surface area contributed by atoms with Gasteiger partial charge in [0.1, 0.15) is 18.5 Å². The second-order valence-electron chi connectivity index (χ2n) is 6.86. The summed E-state index contributed by atoms with van der Waals surface area (Å²) < 4.78 is 5.65. The lowest BCUT2D eigenvalue weighted by Crippen LogP contribution is -2.31. The van der Waals surface area contributed by atoms with E-state index in [1.807, 2.05) is 30.3 Å². The van der Waals surface area contributed by atoms with E-state index in [-0.39, 0.29) is 12.0 Å². The molecule has 0 aliphatic heterocycles. The normalized spacial score (nSPS) is 12.9. The molecule has 0 aliphatic carbocycles. The van der Waals surface area contributed by atoms with E-state index in [4.69, 9.17) is 4.74 Å². The SMILES string of the molecule is CC(C)(C)c1ccc(OC[C@H](O)CNCc2ccccc2)cc1. The van der Waals surface area contributed by atoms with Crippen molar-refractivity contribution in [3.05, 3.63) is 65.7 Å². The van der Waals surface area contributed by atoms with Crippen molar-refractivity contribution in [3.63, 3.8) is 0 Å². The largest absolute Gasteiger partial charge is 0.491 e. The van der Waals surface area contributed by atoms with Crippen molar-refractivity contribution in [3.8, 4) is 5.75 Å². The summed E-state index contributed by atoms with van der Waals surface area (Å²) in [6, 6.07) is 18.2. The number of hydrogen-bond acceptors (Lipinski definition) is 3. The fourth-order valence-electron chi connectivity index (χ4n) is 2.28. The maximum atomic E-state index is 9.98. The summed E-state index contributed by atoms with van der Waals surface area (Å²) in [6.45, 7) is 8.10. The van der Waals surface area contributed by atoms with Crippen molar-refractivity contribution in [2.45, 2.75) is 38.8 Å². The fraction of sp³-hybridized carbons (Fsp3) is 0.400. The van der Waals surface area contributed by atoms with E-state index in [1.54, 1.807) is 0 Å². The molecule has 0 unspecified atom stereocenters. The molecule has 3 heteroatoms. The van der Waals surface area contributed by atoms with Gasteiger partial charge in [-0.1, -0.05) is 63.2 Å². The van der Waals surface area contributed by atoms with Gasteiger partial charge < -0.3 is 15.2 Å². The Kier molecular flexibility index (Phi) is 6.20. The lowest BCUT2D eigenvalue weighted by molar-refractivity contribution is 0.106. The van der Waals surface area contributed by atoms with Crippen LogP contribution in [0.5, 0.6) is 5.75 Å². The molecule has 124 valence electrons. The standard InChI is InChI=1S/C20H27NO2/c1-20(2,3)17-9-11-19(12-10-17)23-15-18(22)14-21-13-16-7-5-4-6-8-16/h4-12,18,21-22H,13-15H2,1-3H3/t18-/m1/s1. The molecule has 23 heavy (non-hydrogen) atoms. The lowest BCUT2D eigenvalue weighted by atomic mass is 9.87. The molecular formula is C20H27NO2. The molecule has 0 spiro atoms. The summed E-state index contributed by atoms with van der Waals surface area (Å²) in [7, 11) is 0. The first-order chi connectivity index (χ1) is 10.9. The smallest absolute Gasteiger partial charge is 0.119 e. The molecular weight excluding hydrogens is 286 g/mol. The highest BCUT2D eigenvalue weighted by Crippen LogP contribution is 2.24. The third-order valence-electron chi connectivity index (χ3n) is 3.71.